The minimum Gasteiger partial charge on any atom is -0.445 e. The molecule has 1 aromatic carbocycles. The largest absolute Gasteiger partial charge is 0.445 e. The van der Waals surface area contributed by atoms with Crippen molar-refractivity contribution in [2.75, 3.05) is 13.1 Å². The smallest absolute Gasteiger partial charge is 0.407 e. The zero-order valence-corrected chi connectivity index (χ0v) is 13.3. The summed E-state index contributed by atoms with van der Waals surface area (Å²) in [5, 5.41) is 2.86. The summed E-state index contributed by atoms with van der Waals surface area (Å²) in [6.07, 6.45) is 7.02. The van der Waals surface area contributed by atoms with Gasteiger partial charge in [-0.15, -0.1) is 0 Å². The quantitative estimate of drug-likeness (QED) is 0.811. The van der Waals surface area contributed by atoms with Gasteiger partial charge in [0.2, 0.25) is 0 Å². The van der Waals surface area contributed by atoms with Gasteiger partial charge in [-0.3, -0.25) is 0 Å². The number of rotatable bonds is 7. The molecule has 2 atom stereocenters. The van der Waals surface area contributed by atoms with Gasteiger partial charge in [0.25, 0.3) is 0 Å². The molecule has 1 aromatic rings. The van der Waals surface area contributed by atoms with Crippen molar-refractivity contribution in [2.45, 2.75) is 45.1 Å². The van der Waals surface area contributed by atoms with Gasteiger partial charge < -0.3 is 15.8 Å². The van der Waals surface area contributed by atoms with Crippen molar-refractivity contribution in [1.29, 1.82) is 0 Å². The Bertz CT molecular complexity index is 434. The number of hydrogen-bond donors (Lipinski definition) is 2. The molecular formula is C18H28N2O2. The van der Waals surface area contributed by atoms with Crippen molar-refractivity contribution in [2.24, 2.45) is 17.6 Å². The first-order valence-corrected chi connectivity index (χ1v) is 8.42. The van der Waals surface area contributed by atoms with Crippen LogP contribution in [0.25, 0.3) is 0 Å². The monoisotopic (exact) mass is 304 g/mol. The van der Waals surface area contributed by atoms with Gasteiger partial charge in [-0.2, -0.15) is 0 Å². The van der Waals surface area contributed by atoms with Crippen LogP contribution in [0.4, 0.5) is 4.79 Å². The average Bonchev–Trinajstić information content (AvgIpc) is 2.55. The molecule has 0 radical (unpaired) electrons. The van der Waals surface area contributed by atoms with Crippen molar-refractivity contribution in [3.05, 3.63) is 35.9 Å². The molecule has 122 valence electrons. The first-order valence-electron chi connectivity index (χ1n) is 8.42. The fraction of sp³-hybridized carbons (Fsp3) is 0.611. The van der Waals surface area contributed by atoms with E-state index in [1.165, 1.54) is 25.7 Å². The summed E-state index contributed by atoms with van der Waals surface area (Å²) in [6.45, 7) is 1.82. The van der Waals surface area contributed by atoms with E-state index in [2.05, 4.69) is 5.32 Å². The summed E-state index contributed by atoms with van der Waals surface area (Å²) < 4.78 is 5.21. The van der Waals surface area contributed by atoms with Crippen LogP contribution in [0.3, 0.4) is 0 Å². The lowest BCUT2D eigenvalue weighted by atomic mass is 9.78. The first kappa shape index (κ1) is 16.8. The Balaban J connectivity index is 1.58. The fourth-order valence-electron chi connectivity index (χ4n) is 3.31. The van der Waals surface area contributed by atoms with Crippen LogP contribution in [0.5, 0.6) is 0 Å². The molecule has 2 rings (SSSR count). The van der Waals surface area contributed by atoms with Gasteiger partial charge >= 0.3 is 6.09 Å². The van der Waals surface area contributed by atoms with Crippen LogP contribution >= 0.6 is 0 Å². The number of ether oxygens (including phenoxy) is 1. The fourth-order valence-corrected chi connectivity index (χ4v) is 3.31. The molecule has 1 unspecified atom stereocenters. The summed E-state index contributed by atoms with van der Waals surface area (Å²) in [5.74, 6) is 1.51. The molecule has 4 nitrogen and oxygen atoms in total. The van der Waals surface area contributed by atoms with Gasteiger partial charge in [-0.1, -0.05) is 49.6 Å². The van der Waals surface area contributed by atoms with E-state index in [1.807, 2.05) is 30.3 Å². The zero-order valence-electron chi connectivity index (χ0n) is 13.3. The normalized spacial score (nSPS) is 21.3. The highest BCUT2D eigenvalue weighted by Gasteiger charge is 2.21. The van der Waals surface area contributed by atoms with E-state index in [4.69, 9.17) is 10.5 Å². The second-order valence-corrected chi connectivity index (χ2v) is 6.25. The highest BCUT2D eigenvalue weighted by molar-refractivity contribution is 5.67. The van der Waals surface area contributed by atoms with Crippen LogP contribution in [-0.2, 0) is 11.3 Å². The Morgan fingerprint density at radius 1 is 1.18 bits per heavy atom. The molecule has 1 aliphatic rings. The molecule has 0 aromatic heterocycles. The molecule has 0 aliphatic heterocycles. The van der Waals surface area contributed by atoms with E-state index in [1.54, 1.807) is 0 Å². The highest BCUT2D eigenvalue weighted by atomic mass is 16.5. The maximum atomic E-state index is 11.7. The Morgan fingerprint density at radius 2 is 1.91 bits per heavy atom. The lowest BCUT2D eigenvalue weighted by molar-refractivity contribution is 0.138. The third-order valence-corrected chi connectivity index (χ3v) is 4.50. The van der Waals surface area contributed by atoms with Crippen LogP contribution in [0.1, 0.15) is 44.1 Å². The number of carbonyl (C=O) groups is 1. The Hall–Kier alpha value is -1.55. The van der Waals surface area contributed by atoms with Gasteiger partial charge in [0.05, 0.1) is 0 Å². The SMILES string of the molecule is NCCC1CCC[C@H](CCNC(=O)OCc2ccccc2)C1. The highest BCUT2D eigenvalue weighted by Crippen LogP contribution is 2.32. The van der Waals surface area contributed by atoms with Crippen molar-refractivity contribution >= 4 is 6.09 Å². The maximum Gasteiger partial charge on any atom is 0.407 e. The van der Waals surface area contributed by atoms with Crippen molar-refractivity contribution < 1.29 is 9.53 Å². The van der Waals surface area contributed by atoms with Crippen LogP contribution in [0.2, 0.25) is 0 Å². The number of benzene rings is 1. The molecule has 22 heavy (non-hydrogen) atoms. The molecule has 1 fully saturated rings. The molecule has 0 spiro atoms. The Morgan fingerprint density at radius 3 is 2.64 bits per heavy atom. The zero-order chi connectivity index (χ0) is 15.6. The molecule has 0 saturated heterocycles. The molecule has 0 bridgehead atoms. The Kier molecular flexibility index (Phi) is 7.23. The minimum atomic E-state index is -0.321. The van der Waals surface area contributed by atoms with Gasteiger partial charge in [0.15, 0.2) is 0 Å². The molecule has 1 saturated carbocycles. The average molecular weight is 304 g/mol. The third-order valence-electron chi connectivity index (χ3n) is 4.50. The molecular weight excluding hydrogens is 276 g/mol. The standard InChI is InChI=1S/C18H28N2O2/c19-11-9-15-7-4-8-16(13-15)10-12-20-18(21)22-14-17-5-2-1-3-6-17/h1-3,5-6,15-16H,4,7-14,19H2,(H,20,21)/t15?,16-/m1/s1. The summed E-state index contributed by atoms with van der Waals surface area (Å²) in [5.41, 5.74) is 6.66. The summed E-state index contributed by atoms with van der Waals surface area (Å²) in [7, 11) is 0. The van der Waals surface area contributed by atoms with Crippen molar-refractivity contribution in [1.82, 2.24) is 5.32 Å². The van der Waals surface area contributed by atoms with Gasteiger partial charge in [-0.25, -0.2) is 4.79 Å². The second kappa shape index (κ2) is 9.46. The van der Waals surface area contributed by atoms with E-state index >= 15 is 0 Å². The number of alkyl carbamates (subject to hydrolysis) is 1. The third kappa shape index (κ3) is 6.06. The molecule has 1 amide bonds. The maximum absolute atomic E-state index is 11.7. The summed E-state index contributed by atoms with van der Waals surface area (Å²) in [4.78, 5) is 11.7. The minimum absolute atomic E-state index is 0.321. The number of nitrogens with two attached hydrogens (primary N) is 1. The van der Waals surface area contributed by atoms with Gasteiger partial charge in [0.1, 0.15) is 6.61 Å². The number of amides is 1. The van der Waals surface area contributed by atoms with Crippen molar-refractivity contribution in [3.63, 3.8) is 0 Å². The van der Waals surface area contributed by atoms with Gasteiger partial charge in [0, 0.05) is 6.54 Å². The van der Waals surface area contributed by atoms with Crippen LogP contribution < -0.4 is 11.1 Å². The van der Waals surface area contributed by atoms with E-state index in [0.29, 0.717) is 13.2 Å². The Labute approximate surface area is 133 Å². The van der Waals surface area contributed by atoms with Crippen LogP contribution in [0, 0.1) is 11.8 Å². The molecule has 0 heterocycles. The number of hydrogen-bond acceptors (Lipinski definition) is 3. The molecule has 3 N–H and O–H groups in total. The topological polar surface area (TPSA) is 64.3 Å². The van der Waals surface area contributed by atoms with Crippen LogP contribution in [-0.4, -0.2) is 19.2 Å². The van der Waals surface area contributed by atoms with Crippen LogP contribution in [0.15, 0.2) is 30.3 Å². The first-order chi connectivity index (χ1) is 10.8. The molecule has 4 heteroatoms. The van der Waals surface area contributed by atoms with E-state index < -0.39 is 0 Å². The summed E-state index contributed by atoms with van der Waals surface area (Å²) in [6, 6.07) is 9.74. The number of nitrogens with one attached hydrogen (secondary N) is 1. The van der Waals surface area contributed by atoms with Gasteiger partial charge in [-0.05, 0) is 43.2 Å². The van der Waals surface area contributed by atoms with Crippen molar-refractivity contribution in [3.8, 4) is 0 Å². The number of carbonyl (C=O) groups excluding carboxylic acids is 1. The lowest BCUT2D eigenvalue weighted by Crippen LogP contribution is -2.28. The molecule has 1 aliphatic carbocycles. The predicted molar refractivity (Wildman–Crippen MR) is 88.4 cm³/mol. The van der Waals surface area contributed by atoms with E-state index in [-0.39, 0.29) is 6.09 Å². The van der Waals surface area contributed by atoms with E-state index in [9.17, 15) is 4.79 Å². The second-order valence-electron chi connectivity index (χ2n) is 6.25. The summed E-state index contributed by atoms with van der Waals surface area (Å²) >= 11 is 0. The lowest BCUT2D eigenvalue weighted by Gasteiger charge is -2.28. The predicted octanol–water partition coefficient (Wildman–Crippen LogP) is 3.46. The van der Waals surface area contributed by atoms with E-state index in [0.717, 1.165) is 36.8 Å².